The van der Waals surface area contributed by atoms with E-state index in [2.05, 4.69) is 18.7 Å². The van der Waals surface area contributed by atoms with Crippen LogP contribution < -0.4 is 15.2 Å². The van der Waals surface area contributed by atoms with E-state index in [1.165, 1.54) is 0 Å². The number of nitrogens with zero attached hydrogens (tertiary/aromatic N) is 1. The van der Waals surface area contributed by atoms with E-state index in [0.717, 1.165) is 31.1 Å². The van der Waals surface area contributed by atoms with Crippen molar-refractivity contribution >= 4 is 5.84 Å². The van der Waals surface area contributed by atoms with Gasteiger partial charge in [-0.25, -0.2) is 0 Å². The lowest BCUT2D eigenvalue weighted by atomic mass is 10.2. The number of nitrogens with one attached hydrogen (secondary N) is 1. The molecule has 1 aromatic carbocycles. The van der Waals surface area contributed by atoms with Crippen LogP contribution in [0.25, 0.3) is 0 Å². The second-order valence-corrected chi connectivity index (χ2v) is 5.49. The predicted molar refractivity (Wildman–Crippen MR) is 86.3 cm³/mol. The summed E-state index contributed by atoms with van der Waals surface area (Å²) in [5, 5.41) is 7.33. The Bertz CT molecular complexity index is 418. The summed E-state index contributed by atoms with van der Waals surface area (Å²) in [6.45, 7) is 7.61. The summed E-state index contributed by atoms with van der Waals surface area (Å²) in [6, 6.07) is 7.58. The van der Waals surface area contributed by atoms with Gasteiger partial charge in [-0.2, -0.15) is 0 Å². The van der Waals surface area contributed by atoms with Crippen LogP contribution in [0.1, 0.15) is 20.3 Å². The van der Waals surface area contributed by atoms with E-state index < -0.39 is 0 Å². The number of nitrogens with two attached hydrogens (primary N) is 1. The molecule has 0 amide bonds. The smallest absolute Gasteiger partial charge is 0.119 e. The molecule has 0 aliphatic rings. The van der Waals surface area contributed by atoms with Crippen molar-refractivity contribution in [2.75, 3.05) is 33.4 Å². The average molecular weight is 293 g/mol. The van der Waals surface area contributed by atoms with Crippen LogP contribution in [-0.4, -0.2) is 44.1 Å². The zero-order chi connectivity index (χ0) is 15.7. The fraction of sp³-hybridized carbons (Fsp3) is 0.562. The highest BCUT2D eigenvalue weighted by Gasteiger charge is 2.08. The fourth-order valence-electron chi connectivity index (χ4n) is 2.05. The monoisotopic (exact) mass is 293 g/mol. The van der Waals surface area contributed by atoms with Crippen LogP contribution in [0.4, 0.5) is 0 Å². The van der Waals surface area contributed by atoms with Gasteiger partial charge in [0.05, 0.1) is 12.9 Å². The summed E-state index contributed by atoms with van der Waals surface area (Å²) in [7, 11) is 1.65. The summed E-state index contributed by atoms with van der Waals surface area (Å²) in [5.74, 6) is 2.48. The molecule has 1 aromatic rings. The van der Waals surface area contributed by atoms with Crippen LogP contribution in [-0.2, 0) is 0 Å². The largest absolute Gasteiger partial charge is 0.497 e. The first-order chi connectivity index (χ1) is 10.0. The molecule has 0 heterocycles. The van der Waals surface area contributed by atoms with Gasteiger partial charge < -0.3 is 15.2 Å². The van der Waals surface area contributed by atoms with Crippen molar-refractivity contribution in [3.05, 3.63) is 24.3 Å². The molecule has 0 aromatic heterocycles. The molecule has 0 aliphatic heterocycles. The lowest BCUT2D eigenvalue weighted by Gasteiger charge is -2.24. The molecule has 1 rings (SSSR count). The van der Waals surface area contributed by atoms with Gasteiger partial charge in [0.1, 0.15) is 18.1 Å². The van der Waals surface area contributed by atoms with Gasteiger partial charge in [-0.05, 0) is 30.2 Å². The van der Waals surface area contributed by atoms with Crippen molar-refractivity contribution in [1.29, 1.82) is 5.41 Å². The van der Waals surface area contributed by atoms with Crippen LogP contribution in [0.5, 0.6) is 11.5 Å². The van der Waals surface area contributed by atoms with Crippen LogP contribution in [0.3, 0.4) is 0 Å². The van der Waals surface area contributed by atoms with Crippen LogP contribution in [0.15, 0.2) is 24.3 Å². The van der Waals surface area contributed by atoms with E-state index in [0.29, 0.717) is 18.9 Å². The maximum absolute atomic E-state index is 7.33. The predicted octanol–water partition coefficient (Wildman–Crippen LogP) is 2.36. The minimum atomic E-state index is 0.236. The summed E-state index contributed by atoms with van der Waals surface area (Å²) in [4.78, 5) is 2.29. The van der Waals surface area contributed by atoms with E-state index in [1.54, 1.807) is 7.11 Å². The van der Waals surface area contributed by atoms with E-state index in [9.17, 15) is 0 Å². The first-order valence-corrected chi connectivity index (χ1v) is 7.33. The van der Waals surface area contributed by atoms with E-state index >= 15 is 0 Å². The van der Waals surface area contributed by atoms with Crippen molar-refractivity contribution in [2.45, 2.75) is 20.3 Å². The second kappa shape index (κ2) is 9.23. The second-order valence-electron chi connectivity index (χ2n) is 5.49. The Kier molecular flexibility index (Phi) is 7.61. The zero-order valence-electron chi connectivity index (χ0n) is 13.3. The molecule has 0 bridgehead atoms. The molecule has 3 N–H and O–H groups in total. The number of amidine groups is 1. The Balaban J connectivity index is 2.38. The molecule has 21 heavy (non-hydrogen) atoms. The number of hydrogen-bond donors (Lipinski definition) is 2. The third-order valence-corrected chi connectivity index (χ3v) is 3.06. The minimum Gasteiger partial charge on any atom is -0.497 e. The molecule has 5 nitrogen and oxygen atoms in total. The van der Waals surface area contributed by atoms with Gasteiger partial charge in [-0.15, -0.1) is 0 Å². The molecule has 0 unspecified atom stereocenters. The molecule has 0 radical (unpaired) electrons. The van der Waals surface area contributed by atoms with E-state index in [1.807, 2.05) is 24.3 Å². The Morgan fingerprint density at radius 2 is 1.81 bits per heavy atom. The third kappa shape index (κ3) is 7.56. The Morgan fingerprint density at radius 3 is 2.33 bits per heavy atom. The van der Waals surface area contributed by atoms with Gasteiger partial charge in [0.2, 0.25) is 0 Å². The molecular formula is C16H27N3O2. The zero-order valence-corrected chi connectivity index (χ0v) is 13.3. The highest BCUT2D eigenvalue weighted by Crippen LogP contribution is 2.16. The number of methoxy groups -OCH3 is 1. The van der Waals surface area contributed by atoms with Crippen LogP contribution in [0, 0.1) is 11.3 Å². The molecule has 0 fully saturated rings. The van der Waals surface area contributed by atoms with Crippen molar-refractivity contribution in [2.24, 2.45) is 11.7 Å². The van der Waals surface area contributed by atoms with Gasteiger partial charge >= 0.3 is 0 Å². The van der Waals surface area contributed by atoms with Crippen molar-refractivity contribution in [1.82, 2.24) is 4.90 Å². The fourth-order valence-corrected chi connectivity index (χ4v) is 2.05. The van der Waals surface area contributed by atoms with Crippen molar-refractivity contribution in [3.63, 3.8) is 0 Å². The third-order valence-electron chi connectivity index (χ3n) is 3.06. The average Bonchev–Trinajstić information content (AvgIpc) is 2.44. The quantitative estimate of drug-likeness (QED) is 0.513. The summed E-state index contributed by atoms with van der Waals surface area (Å²) in [6.07, 6.45) is 0.606. The molecule has 0 atom stereocenters. The van der Waals surface area contributed by atoms with Gasteiger partial charge in [0.15, 0.2) is 0 Å². The minimum absolute atomic E-state index is 0.236. The molecule has 118 valence electrons. The summed E-state index contributed by atoms with van der Waals surface area (Å²) in [5.41, 5.74) is 5.43. The first-order valence-electron chi connectivity index (χ1n) is 7.33. The lowest BCUT2D eigenvalue weighted by Crippen LogP contribution is -2.34. The van der Waals surface area contributed by atoms with Crippen molar-refractivity contribution < 1.29 is 9.47 Å². The lowest BCUT2D eigenvalue weighted by molar-refractivity contribution is 0.196. The van der Waals surface area contributed by atoms with Gasteiger partial charge in [-0.1, -0.05) is 13.8 Å². The Hall–Kier alpha value is -1.75. The summed E-state index contributed by atoms with van der Waals surface area (Å²) >= 11 is 0. The molecule has 0 saturated heterocycles. The molecule has 0 aliphatic carbocycles. The van der Waals surface area contributed by atoms with Gasteiger partial charge in [0.25, 0.3) is 0 Å². The van der Waals surface area contributed by atoms with Crippen molar-refractivity contribution in [3.8, 4) is 11.5 Å². The Labute approximate surface area is 127 Å². The number of benzene rings is 1. The highest BCUT2D eigenvalue weighted by atomic mass is 16.5. The van der Waals surface area contributed by atoms with Gasteiger partial charge in [0, 0.05) is 26.1 Å². The first kappa shape index (κ1) is 17.3. The molecule has 0 saturated carbocycles. The summed E-state index contributed by atoms with van der Waals surface area (Å²) < 4.78 is 10.9. The van der Waals surface area contributed by atoms with Crippen LogP contribution in [0.2, 0.25) is 0 Å². The van der Waals surface area contributed by atoms with Gasteiger partial charge in [-0.3, -0.25) is 10.3 Å². The SMILES string of the molecule is COc1ccc(OCCN(CCC(=N)N)CC(C)C)cc1. The maximum Gasteiger partial charge on any atom is 0.119 e. The Morgan fingerprint density at radius 1 is 1.19 bits per heavy atom. The standard InChI is InChI=1S/C16H27N3O2/c1-13(2)12-19(9-8-16(17)18)10-11-21-15-6-4-14(20-3)5-7-15/h4-7,13H,8-12H2,1-3H3,(H3,17,18). The molecule has 0 spiro atoms. The van der Waals surface area contributed by atoms with E-state index in [4.69, 9.17) is 20.6 Å². The molecular weight excluding hydrogens is 266 g/mol. The number of ether oxygens (including phenoxy) is 2. The normalized spacial score (nSPS) is 10.9. The topological polar surface area (TPSA) is 71.6 Å². The maximum atomic E-state index is 7.33. The van der Waals surface area contributed by atoms with E-state index in [-0.39, 0.29) is 5.84 Å². The highest BCUT2D eigenvalue weighted by molar-refractivity contribution is 5.76. The number of hydrogen-bond acceptors (Lipinski definition) is 4. The molecule has 5 heteroatoms. The van der Waals surface area contributed by atoms with Crippen LogP contribution >= 0.6 is 0 Å². The number of rotatable bonds is 10.